The summed E-state index contributed by atoms with van der Waals surface area (Å²) in [6.45, 7) is 1.68. The number of rotatable bonds is 5. The summed E-state index contributed by atoms with van der Waals surface area (Å²) in [6, 6.07) is 7.85. The molecule has 24 heavy (non-hydrogen) atoms. The van der Waals surface area contributed by atoms with Crippen molar-refractivity contribution >= 4 is 37.5 Å². The maximum Gasteiger partial charge on any atom is 0.262 e. The van der Waals surface area contributed by atoms with Crippen LogP contribution in [0.5, 0.6) is 0 Å². The van der Waals surface area contributed by atoms with Gasteiger partial charge in [0.05, 0.1) is 31.0 Å². The number of fused-ring (bicyclic) bond motifs is 1. The molecule has 7 heteroatoms. The molecule has 2 heterocycles. The first-order valence-corrected chi connectivity index (χ1v) is 9.21. The van der Waals surface area contributed by atoms with Crippen LogP contribution >= 0.6 is 27.3 Å². The van der Waals surface area contributed by atoms with Gasteiger partial charge in [-0.2, -0.15) is 0 Å². The van der Waals surface area contributed by atoms with Crippen LogP contribution in [0.3, 0.4) is 0 Å². The van der Waals surface area contributed by atoms with Crippen molar-refractivity contribution in [3.05, 3.63) is 50.3 Å². The number of hydrogen-bond donors (Lipinski definition) is 2. The van der Waals surface area contributed by atoms with E-state index in [-0.39, 0.29) is 12.1 Å². The predicted octanol–water partition coefficient (Wildman–Crippen LogP) is 2.80. The number of aryl methyl sites for hydroxylation is 1. The average molecular weight is 409 g/mol. The Hall–Kier alpha value is -1.54. The minimum absolute atomic E-state index is 0.0232. The molecule has 5 nitrogen and oxygen atoms in total. The van der Waals surface area contributed by atoms with Gasteiger partial charge in [0.2, 0.25) is 0 Å². The second-order valence-electron chi connectivity index (χ2n) is 5.48. The van der Waals surface area contributed by atoms with Crippen molar-refractivity contribution in [2.45, 2.75) is 26.0 Å². The number of aliphatic hydroxyl groups excluding tert-OH is 2. The normalized spacial score (nSPS) is 12.7. The van der Waals surface area contributed by atoms with E-state index in [1.54, 1.807) is 0 Å². The quantitative estimate of drug-likeness (QED) is 0.680. The molecule has 0 saturated carbocycles. The summed E-state index contributed by atoms with van der Waals surface area (Å²) in [4.78, 5) is 19.1. The van der Waals surface area contributed by atoms with Gasteiger partial charge in [-0.1, -0.05) is 35.0 Å². The molecule has 1 unspecified atom stereocenters. The number of hydrogen-bond acceptors (Lipinski definition) is 5. The molecule has 0 aliphatic carbocycles. The summed E-state index contributed by atoms with van der Waals surface area (Å²) in [5.74, 6) is 0. The molecule has 3 aromatic rings. The van der Waals surface area contributed by atoms with Crippen LogP contribution in [0.4, 0.5) is 0 Å². The van der Waals surface area contributed by atoms with Gasteiger partial charge >= 0.3 is 0 Å². The second kappa shape index (κ2) is 7.14. The lowest BCUT2D eigenvalue weighted by Gasteiger charge is -2.10. The minimum Gasteiger partial charge on any atom is -0.394 e. The maximum absolute atomic E-state index is 12.9. The zero-order valence-electron chi connectivity index (χ0n) is 13.1. The lowest BCUT2D eigenvalue weighted by Crippen LogP contribution is -2.28. The van der Waals surface area contributed by atoms with E-state index < -0.39 is 12.7 Å². The number of aliphatic hydroxyl groups is 2. The molecule has 3 rings (SSSR count). The topological polar surface area (TPSA) is 75.3 Å². The van der Waals surface area contributed by atoms with Crippen LogP contribution in [0.1, 0.15) is 11.8 Å². The zero-order valence-corrected chi connectivity index (χ0v) is 15.5. The molecule has 126 valence electrons. The number of benzene rings is 1. The largest absolute Gasteiger partial charge is 0.394 e. The molecule has 0 saturated heterocycles. The number of halogens is 1. The molecule has 0 spiro atoms. The minimum atomic E-state index is -0.984. The molecular weight excluding hydrogens is 392 g/mol. The van der Waals surface area contributed by atoms with Crippen molar-refractivity contribution in [3.8, 4) is 11.1 Å². The Morgan fingerprint density at radius 2 is 2.04 bits per heavy atom. The number of thiophene rings is 1. The third kappa shape index (κ3) is 3.17. The molecule has 0 amide bonds. The first kappa shape index (κ1) is 17.3. The first-order valence-electron chi connectivity index (χ1n) is 7.60. The summed E-state index contributed by atoms with van der Waals surface area (Å²) in [5.41, 5.74) is 1.69. The summed E-state index contributed by atoms with van der Waals surface area (Å²) in [7, 11) is 0. The fraction of sp³-hybridized carbons (Fsp3) is 0.294. The molecule has 2 N–H and O–H groups in total. The lowest BCUT2D eigenvalue weighted by molar-refractivity contribution is 0.0803. The van der Waals surface area contributed by atoms with Crippen LogP contribution in [-0.2, 0) is 13.0 Å². The van der Waals surface area contributed by atoms with Gasteiger partial charge in [0, 0.05) is 14.9 Å². The van der Waals surface area contributed by atoms with Crippen molar-refractivity contribution in [1.29, 1.82) is 0 Å². The van der Waals surface area contributed by atoms with Crippen molar-refractivity contribution in [1.82, 2.24) is 9.55 Å². The molecule has 0 aliphatic heterocycles. The Kier molecular flexibility index (Phi) is 5.15. The highest BCUT2D eigenvalue weighted by molar-refractivity contribution is 9.10. The fourth-order valence-corrected chi connectivity index (χ4v) is 4.01. The molecule has 2 aromatic heterocycles. The third-order valence-corrected chi connectivity index (χ3v) is 5.59. The monoisotopic (exact) mass is 408 g/mol. The van der Waals surface area contributed by atoms with Crippen LogP contribution in [0.15, 0.2) is 39.9 Å². The van der Waals surface area contributed by atoms with Crippen LogP contribution in [0.25, 0.3) is 21.3 Å². The highest BCUT2D eigenvalue weighted by atomic mass is 79.9. The van der Waals surface area contributed by atoms with Crippen LogP contribution in [-0.4, -0.2) is 32.5 Å². The highest BCUT2D eigenvalue weighted by Gasteiger charge is 2.19. The van der Waals surface area contributed by atoms with Crippen LogP contribution in [0.2, 0.25) is 0 Å². The van der Waals surface area contributed by atoms with Crippen molar-refractivity contribution in [3.63, 3.8) is 0 Å². The average Bonchev–Trinajstić information content (AvgIpc) is 2.97. The van der Waals surface area contributed by atoms with Crippen molar-refractivity contribution in [2.75, 3.05) is 6.61 Å². The third-order valence-electron chi connectivity index (χ3n) is 3.82. The molecule has 0 radical (unpaired) electrons. The van der Waals surface area contributed by atoms with E-state index in [0.717, 1.165) is 26.9 Å². The van der Waals surface area contributed by atoms with Gasteiger partial charge in [-0.25, -0.2) is 4.98 Å². The van der Waals surface area contributed by atoms with E-state index in [2.05, 4.69) is 27.8 Å². The molecule has 0 fully saturated rings. The van der Waals surface area contributed by atoms with Gasteiger partial charge in [-0.05, 0) is 24.1 Å². The smallest absolute Gasteiger partial charge is 0.262 e. The molecule has 0 aliphatic rings. The Balaban J connectivity index is 2.24. The molecule has 1 aromatic carbocycles. The number of nitrogens with zero attached hydrogens (tertiary/aromatic N) is 2. The molecular formula is C17H17BrN2O3S. The Labute approximate surface area is 151 Å². The van der Waals surface area contributed by atoms with Crippen LogP contribution < -0.4 is 5.56 Å². The van der Waals surface area contributed by atoms with E-state index in [9.17, 15) is 9.90 Å². The van der Waals surface area contributed by atoms with Crippen molar-refractivity contribution < 1.29 is 10.2 Å². The maximum atomic E-state index is 12.9. The predicted molar refractivity (Wildman–Crippen MR) is 99.5 cm³/mol. The van der Waals surface area contributed by atoms with Gasteiger partial charge in [-0.15, -0.1) is 11.3 Å². The van der Waals surface area contributed by atoms with E-state index in [1.807, 2.05) is 24.3 Å². The van der Waals surface area contributed by atoms with Gasteiger partial charge in [0.25, 0.3) is 5.56 Å². The van der Waals surface area contributed by atoms with Crippen molar-refractivity contribution in [2.24, 2.45) is 0 Å². The lowest BCUT2D eigenvalue weighted by atomic mass is 10.0. The molecule has 0 bridgehead atoms. The standard InChI is InChI=1S/C17H17BrN2O3S/c1-2-13-14(10-3-5-11(18)6-4-10)15-16(24-13)19-9-20(17(15)23)7-12(22)8-21/h3-6,9,12,21-22H,2,7-8H2,1H3. The van der Waals surface area contributed by atoms with E-state index in [0.29, 0.717) is 10.2 Å². The van der Waals surface area contributed by atoms with E-state index >= 15 is 0 Å². The number of aromatic nitrogens is 2. The van der Waals surface area contributed by atoms with Gasteiger partial charge in [0.1, 0.15) is 4.83 Å². The summed E-state index contributed by atoms with van der Waals surface area (Å²) < 4.78 is 2.34. The SMILES string of the molecule is CCc1sc2ncn(CC(O)CO)c(=O)c2c1-c1ccc(Br)cc1. The Morgan fingerprint density at radius 3 is 2.67 bits per heavy atom. The second-order valence-corrected chi connectivity index (χ2v) is 7.48. The van der Waals surface area contributed by atoms with E-state index in [4.69, 9.17) is 5.11 Å². The Morgan fingerprint density at radius 1 is 1.33 bits per heavy atom. The molecule has 1 atom stereocenters. The Bertz CT molecular complexity index is 918. The fourth-order valence-electron chi connectivity index (χ4n) is 2.66. The summed E-state index contributed by atoms with van der Waals surface area (Å²) in [5, 5.41) is 19.2. The highest BCUT2D eigenvalue weighted by Crippen LogP contribution is 2.36. The first-order chi connectivity index (χ1) is 11.5. The van der Waals surface area contributed by atoms with Crippen LogP contribution in [0, 0.1) is 0 Å². The summed E-state index contributed by atoms with van der Waals surface area (Å²) >= 11 is 4.95. The van der Waals surface area contributed by atoms with E-state index in [1.165, 1.54) is 22.2 Å². The van der Waals surface area contributed by atoms with Gasteiger partial charge in [0.15, 0.2) is 0 Å². The van der Waals surface area contributed by atoms with Gasteiger partial charge < -0.3 is 10.2 Å². The van der Waals surface area contributed by atoms with Gasteiger partial charge in [-0.3, -0.25) is 9.36 Å². The zero-order chi connectivity index (χ0) is 17.3. The summed E-state index contributed by atoms with van der Waals surface area (Å²) in [6.07, 6.45) is 1.26.